The van der Waals surface area contributed by atoms with Crippen LogP contribution >= 0.6 is 11.6 Å². The van der Waals surface area contributed by atoms with E-state index in [0.717, 1.165) is 0 Å². The van der Waals surface area contributed by atoms with Gasteiger partial charge in [-0.3, -0.25) is 0 Å². The second kappa shape index (κ2) is 6.17. The predicted octanol–water partition coefficient (Wildman–Crippen LogP) is 3.00. The first kappa shape index (κ1) is 17.5. The van der Waals surface area contributed by atoms with Gasteiger partial charge in [0.05, 0.1) is 18.1 Å². The summed E-state index contributed by atoms with van der Waals surface area (Å²) in [5.74, 6) is -0.114. The summed E-state index contributed by atoms with van der Waals surface area (Å²) in [6.45, 7) is 0. The van der Waals surface area contributed by atoms with Crippen LogP contribution in [0.2, 0.25) is 5.02 Å². The van der Waals surface area contributed by atoms with Crippen LogP contribution in [0.25, 0.3) is 0 Å². The van der Waals surface area contributed by atoms with Crippen LogP contribution in [0.3, 0.4) is 0 Å². The zero-order valence-corrected chi connectivity index (χ0v) is 14.8. The first-order valence-corrected chi connectivity index (χ1v) is 9.34. The van der Waals surface area contributed by atoms with Crippen molar-refractivity contribution in [2.75, 3.05) is 7.11 Å². The highest BCUT2D eigenvalue weighted by Gasteiger charge is 2.72. The van der Waals surface area contributed by atoms with Crippen molar-refractivity contribution < 1.29 is 17.9 Å². The number of carbonyl (C=O) groups is 1. The van der Waals surface area contributed by atoms with Crippen LogP contribution in [-0.2, 0) is 14.6 Å². The van der Waals surface area contributed by atoms with Gasteiger partial charge in [0.1, 0.15) is 22.7 Å². The Morgan fingerprint density at radius 1 is 1.16 bits per heavy atom. The molecule has 0 heterocycles. The molecule has 0 unspecified atom stereocenters. The van der Waals surface area contributed by atoms with Crippen LogP contribution in [0.5, 0.6) is 5.75 Å². The number of nitrogens with zero attached hydrogens (tertiary/aromatic N) is 1. The molecule has 3 atom stereocenters. The molecule has 2 aromatic rings. The summed E-state index contributed by atoms with van der Waals surface area (Å²) in [5, 5.41) is 8.80. The van der Waals surface area contributed by atoms with Crippen molar-refractivity contribution >= 4 is 27.7 Å². The lowest BCUT2D eigenvalue weighted by molar-refractivity contribution is -0.110. The highest BCUT2D eigenvalue weighted by Crippen LogP contribution is 2.62. The largest absolute Gasteiger partial charge is 0.497 e. The molecule has 2 aromatic carbocycles. The topological polar surface area (TPSA) is 84.2 Å². The first-order chi connectivity index (χ1) is 11.9. The van der Waals surface area contributed by atoms with E-state index >= 15 is 0 Å². The molecule has 128 valence electrons. The molecule has 1 aliphatic rings. The summed E-state index contributed by atoms with van der Waals surface area (Å²) < 4.78 is 31.0. The molecule has 0 N–H and O–H groups in total. The third-order valence-corrected chi connectivity index (χ3v) is 7.03. The van der Waals surface area contributed by atoms with Crippen molar-refractivity contribution in [2.24, 2.45) is 5.41 Å². The summed E-state index contributed by atoms with van der Waals surface area (Å²) in [7, 11) is -2.35. The predicted molar refractivity (Wildman–Crippen MR) is 92.3 cm³/mol. The van der Waals surface area contributed by atoms with Crippen LogP contribution in [0.4, 0.5) is 0 Å². The van der Waals surface area contributed by atoms with E-state index in [1.807, 2.05) is 6.07 Å². The van der Waals surface area contributed by atoms with Gasteiger partial charge in [0.2, 0.25) is 0 Å². The van der Waals surface area contributed by atoms with Gasteiger partial charge >= 0.3 is 0 Å². The van der Waals surface area contributed by atoms with Gasteiger partial charge in [0, 0.05) is 10.9 Å². The van der Waals surface area contributed by atoms with Gasteiger partial charge in [0.15, 0.2) is 9.84 Å². The lowest BCUT2D eigenvalue weighted by Crippen LogP contribution is -2.16. The maximum atomic E-state index is 13.0. The molecule has 5 nitrogen and oxygen atoms in total. The number of halogens is 1. The number of rotatable bonds is 5. The number of sulfone groups is 1. The number of nitriles is 1. The minimum Gasteiger partial charge on any atom is -0.497 e. The fourth-order valence-corrected chi connectivity index (χ4v) is 5.51. The average Bonchev–Trinajstić information content (AvgIpc) is 3.33. The molecule has 0 saturated heterocycles. The van der Waals surface area contributed by atoms with E-state index in [1.165, 1.54) is 31.4 Å². The standard InChI is InChI=1S/C18H14ClNO4S/c1-24-14-6-2-12(3-7-14)16-17(18(16,10-20)11-21)25(22,23)15-8-4-13(19)5-9-15/h2-9,11,16-17H,1H3/t16-,17-,18-/m1/s1. The van der Waals surface area contributed by atoms with Gasteiger partial charge < -0.3 is 9.53 Å². The van der Waals surface area contributed by atoms with E-state index < -0.39 is 26.4 Å². The van der Waals surface area contributed by atoms with Gasteiger partial charge in [-0.15, -0.1) is 0 Å². The molecule has 7 heteroatoms. The maximum absolute atomic E-state index is 13.0. The van der Waals surface area contributed by atoms with Gasteiger partial charge in [-0.25, -0.2) is 8.42 Å². The highest BCUT2D eigenvalue weighted by atomic mass is 35.5. The summed E-state index contributed by atoms with van der Waals surface area (Å²) in [5.41, 5.74) is -0.982. The fourth-order valence-electron chi connectivity index (χ4n) is 3.14. The number of methoxy groups -OCH3 is 1. The van der Waals surface area contributed by atoms with Crippen LogP contribution in [0, 0.1) is 16.7 Å². The van der Waals surface area contributed by atoms with Gasteiger partial charge in [-0.05, 0) is 42.0 Å². The molecule has 1 aliphatic carbocycles. The van der Waals surface area contributed by atoms with Gasteiger partial charge in [0.25, 0.3) is 0 Å². The number of benzene rings is 2. The van der Waals surface area contributed by atoms with E-state index in [4.69, 9.17) is 16.3 Å². The minimum atomic E-state index is -3.87. The summed E-state index contributed by atoms with van der Waals surface area (Å²) in [4.78, 5) is 11.7. The lowest BCUT2D eigenvalue weighted by Gasteiger charge is -2.05. The Hall–Kier alpha value is -2.36. The number of hydrogen-bond donors (Lipinski definition) is 0. The van der Waals surface area contributed by atoms with Crippen LogP contribution in [-0.4, -0.2) is 27.1 Å². The van der Waals surface area contributed by atoms with Crippen molar-refractivity contribution in [2.45, 2.75) is 16.1 Å². The summed E-state index contributed by atoms with van der Waals surface area (Å²) in [6, 6.07) is 14.3. The van der Waals surface area contributed by atoms with E-state index in [-0.39, 0.29) is 4.90 Å². The molecule has 25 heavy (non-hydrogen) atoms. The minimum absolute atomic E-state index is 0.0411. The lowest BCUT2D eigenvalue weighted by atomic mass is 10.0. The van der Waals surface area contributed by atoms with E-state index in [1.54, 1.807) is 24.3 Å². The second-order valence-corrected chi connectivity index (χ2v) is 8.34. The fraction of sp³-hybridized carbons (Fsp3) is 0.222. The third-order valence-electron chi connectivity index (χ3n) is 4.52. The van der Waals surface area contributed by atoms with Crippen molar-refractivity contribution in [3.05, 3.63) is 59.1 Å². The first-order valence-electron chi connectivity index (χ1n) is 7.41. The Balaban J connectivity index is 2.05. The van der Waals surface area contributed by atoms with Crippen molar-refractivity contribution in [3.8, 4) is 11.8 Å². The van der Waals surface area contributed by atoms with Gasteiger partial charge in [-0.1, -0.05) is 23.7 Å². The Bertz CT molecular complexity index is 948. The van der Waals surface area contributed by atoms with Crippen LogP contribution < -0.4 is 4.74 Å². The average molecular weight is 376 g/mol. The Morgan fingerprint density at radius 2 is 1.76 bits per heavy atom. The molecule has 1 fully saturated rings. The molecule has 0 aromatic heterocycles. The SMILES string of the molecule is COc1ccc([C@@H]2[C@@H](S(=O)(=O)c3ccc(Cl)cc3)[C@]2(C#N)C=O)cc1. The van der Waals surface area contributed by atoms with Crippen molar-refractivity contribution in [3.63, 3.8) is 0 Å². The summed E-state index contributed by atoms with van der Waals surface area (Å²) in [6.07, 6.45) is 0.444. The zero-order valence-electron chi connectivity index (χ0n) is 13.2. The number of aldehydes is 1. The molecular formula is C18H14ClNO4S. The van der Waals surface area contributed by atoms with E-state index in [2.05, 4.69) is 0 Å². The number of hydrogen-bond acceptors (Lipinski definition) is 5. The molecule has 0 bridgehead atoms. The monoisotopic (exact) mass is 375 g/mol. The van der Waals surface area contributed by atoms with Crippen LogP contribution in [0.1, 0.15) is 11.5 Å². The highest BCUT2D eigenvalue weighted by molar-refractivity contribution is 7.92. The normalized spacial score (nSPS) is 25.0. The molecule has 0 amide bonds. The molecule has 0 radical (unpaired) electrons. The maximum Gasteiger partial charge on any atom is 0.183 e. The Labute approximate surface area is 150 Å². The van der Waals surface area contributed by atoms with Crippen LogP contribution in [0.15, 0.2) is 53.4 Å². The molecule has 0 spiro atoms. The van der Waals surface area contributed by atoms with Gasteiger partial charge in [-0.2, -0.15) is 5.26 Å². The van der Waals surface area contributed by atoms with E-state index in [0.29, 0.717) is 22.6 Å². The molecule has 0 aliphatic heterocycles. The number of carbonyl (C=O) groups excluding carboxylic acids is 1. The molecule has 3 rings (SSSR count). The quantitative estimate of drug-likeness (QED) is 0.750. The smallest absolute Gasteiger partial charge is 0.183 e. The third kappa shape index (κ3) is 2.70. The summed E-state index contributed by atoms with van der Waals surface area (Å²) >= 11 is 5.81. The zero-order chi connectivity index (χ0) is 18.2. The van der Waals surface area contributed by atoms with E-state index in [9.17, 15) is 18.5 Å². The van der Waals surface area contributed by atoms with Crippen molar-refractivity contribution in [1.82, 2.24) is 0 Å². The van der Waals surface area contributed by atoms with Crippen molar-refractivity contribution in [1.29, 1.82) is 5.26 Å². The Kier molecular flexibility index (Phi) is 4.31. The molecular weight excluding hydrogens is 362 g/mol. The molecule has 1 saturated carbocycles. The Morgan fingerprint density at radius 3 is 2.24 bits per heavy atom. The second-order valence-electron chi connectivity index (χ2n) is 5.83. The number of ether oxygens (including phenoxy) is 1.